The van der Waals surface area contributed by atoms with E-state index in [0.717, 1.165) is 22.8 Å². The summed E-state index contributed by atoms with van der Waals surface area (Å²) in [6.45, 7) is 9.04. The third-order valence-electron chi connectivity index (χ3n) is 2.77. The second kappa shape index (κ2) is 5.43. The van der Waals surface area contributed by atoms with Gasteiger partial charge in [-0.15, -0.1) is 9.39 Å². The lowest BCUT2D eigenvalue weighted by molar-refractivity contribution is 0.957. The van der Waals surface area contributed by atoms with Crippen molar-refractivity contribution in [2.45, 2.75) is 18.7 Å². The average Bonchev–Trinajstić information content (AvgIpc) is 2.30. The molecule has 1 rings (SSSR count). The van der Waals surface area contributed by atoms with Crippen LogP contribution in [-0.2, 0) is 0 Å². The fourth-order valence-electron chi connectivity index (χ4n) is 1.68. The number of allylic oxidation sites excluding steroid dienone is 1. The molecule has 0 bridgehead atoms. The van der Waals surface area contributed by atoms with Gasteiger partial charge in [-0.3, -0.25) is 4.72 Å². The van der Waals surface area contributed by atoms with Crippen molar-refractivity contribution >= 4 is 26.8 Å². The summed E-state index contributed by atoms with van der Waals surface area (Å²) in [7, 11) is 0.540. The zero-order valence-electron chi connectivity index (χ0n) is 11.0. The van der Waals surface area contributed by atoms with Crippen LogP contribution in [0.1, 0.15) is 13.8 Å². The van der Waals surface area contributed by atoms with Gasteiger partial charge in [-0.2, -0.15) is 0 Å². The molecule has 0 fully saturated rings. The summed E-state index contributed by atoms with van der Waals surface area (Å²) >= 11 is 0. The molecule has 0 aliphatic heterocycles. The maximum atomic E-state index is 4.12. The standard InChI is InChI=1S/C14H22N2S/c1-7-16(12(2)3)13-8-10-14(11-9-13)17(5,6)15-4/h8-11,15H,2,5-7H2,1,3-4H3. The van der Waals surface area contributed by atoms with Gasteiger partial charge < -0.3 is 4.90 Å². The van der Waals surface area contributed by atoms with Crippen molar-refractivity contribution in [1.82, 2.24) is 4.72 Å². The molecule has 3 heteroatoms. The van der Waals surface area contributed by atoms with E-state index in [1.807, 2.05) is 14.0 Å². The Morgan fingerprint density at radius 2 is 1.82 bits per heavy atom. The molecule has 0 amide bonds. The molecule has 0 atom stereocenters. The molecular formula is C14H22N2S. The van der Waals surface area contributed by atoms with E-state index >= 15 is 0 Å². The molecule has 17 heavy (non-hydrogen) atoms. The predicted octanol–water partition coefficient (Wildman–Crippen LogP) is 3.21. The zero-order valence-corrected chi connectivity index (χ0v) is 11.8. The fraction of sp³-hybridized carbons (Fsp3) is 0.286. The van der Waals surface area contributed by atoms with E-state index < -0.39 is 9.39 Å². The number of anilines is 1. The largest absolute Gasteiger partial charge is 0.346 e. The van der Waals surface area contributed by atoms with Gasteiger partial charge in [0.1, 0.15) is 0 Å². The smallest absolute Gasteiger partial charge is 0.0408 e. The molecule has 1 aromatic rings. The van der Waals surface area contributed by atoms with Gasteiger partial charge in [0.15, 0.2) is 0 Å². The molecule has 0 saturated carbocycles. The molecule has 0 aromatic heterocycles. The number of rotatable bonds is 5. The van der Waals surface area contributed by atoms with Gasteiger partial charge in [0.25, 0.3) is 0 Å². The number of nitrogens with one attached hydrogen (secondary N) is 1. The van der Waals surface area contributed by atoms with Crippen molar-refractivity contribution < 1.29 is 0 Å². The average molecular weight is 250 g/mol. The first-order valence-corrected chi connectivity index (χ1v) is 7.60. The third-order valence-corrected chi connectivity index (χ3v) is 4.72. The summed E-state index contributed by atoms with van der Waals surface area (Å²) in [6.07, 6.45) is 0. The van der Waals surface area contributed by atoms with Crippen molar-refractivity contribution in [2.75, 3.05) is 18.5 Å². The summed E-state index contributed by atoms with van der Waals surface area (Å²) in [5.74, 6) is 8.24. The summed E-state index contributed by atoms with van der Waals surface area (Å²) < 4.78 is 3.17. The van der Waals surface area contributed by atoms with Crippen LogP contribution < -0.4 is 9.62 Å². The van der Waals surface area contributed by atoms with E-state index in [2.05, 4.69) is 59.1 Å². The van der Waals surface area contributed by atoms with E-state index in [-0.39, 0.29) is 0 Å². The van der Waals surface area contributed by atoms with Crippen LogP contribution >= 0.6 is 9.39 Å². The lowest BCUT2D eigenvalue weighted by Gasteiger charge is -2.24. The van der Waals surface area contributed by atoms with Crippen LogP contribution in [0.3, 0.4) is 0 Å². The van der Waals surface area contributed by atoms with Crippen molar-refractivity contribution in [3.63, 3.8) is 0 Å². The van der Waals surface area contributed by atoms with Crippen LogP contribution in [0.15, 0.2) is 41.4 Å². The van der Waals surface area contributed by atoms with Gasteiger partial charge in [0.05, 0.1) is 0 Å². The molecule has 0 spiro atoms. The van der Waals surface area contributed by atoms with Gasteiger partial charge in [-0.1, -0.05) is 18.3 Å². The van der Waals surface area contributed by atoms with Crippen LogP contribution in [0.25, 0.3) is 0 Å². The molecule has 94 valence electrons. The quantitative estimate of drug-likeness (QED) is 0.807. The van der Waals surface area contributed by atoms with Gasteiger partial charge in [-0.25, -0.2) is 0 Å². The monoisotopic (exact) mass is 250 g/mol. The highest BCUT2D eigenvalue weighted by Gasteiger charge is 2.05. The number of hydrogen-bond acceptors (Lipinski definition) is 2. The molecule has 0 unspecified atom stereocenters. The summed E-state index contributed by atoms with van der Waals surface area (Å²) in [6, 6.07) is 8.38. The maximum absolute atomic E-state index is 4.12. The maximum Gasteiger partial charge on any atom is 0.0408 e. The Balaban J connectivity index is 3.07. The summed E-state index contributed by atoms with van der Waals surface area (Å²) in [5.41, 5.74) is 2.21. The molecule has 1 aromatic carbocycles. The van der Waals surface area contributed by atoms with Gasteiger partial charge in [0.2, 0.25) is 0 Å². The molecule has 0 aliphatic rings. The van der Waals surface area contributed by atoms with Gasteiger partial charge in [-0.05, 0) is 45.2 Å². The Bertz CT molecular complexity index is 483. The van der Waals surface area contributed by atoms with E-state index in [4.69, 9.17) is 0 Å². The first-order valence-electron chi connectivity index (χ1n) is 5.63. The van der Waals surface area contributed by atoms with Crippen LogP contribution in [-0.4, -0.2) is 25.3 Å². The highest BCUT2D eigenvalue weighted by molar-refractivity contribution is 8.26. The van der Waals surface area contributed by atoms with Gasteiger partial charge in [0, 0.05) is 22.8 Å². The minimum Gasteiger partial charge on any atom is -0.346 e. The Morgan fingerprint density at radius 3 is 2.18 bits per heavy atom. The van der Waals surface area contributed by atoms with Crippen LogP contribution in [0.4, 0.5) is 5.69 Å². The first-order chi connectivity index (χ1) is 7.92. The van der Waals surface area contributed by atoms with Crippen molar-refractivity contribution in [3.8, 4) is 0 Å². The Labute approximate surface area is 106 Å². The predicted molar refractivity (Wildman–Crippen MR) is 83.4 cm³/mol. The first kappa shape index (κ1) is 13.9. The zero-order chi connectivity index (χ0) is 13.1. The Kier molecular flexibility index (Phi) is 4.43. The van der Waals surface area contributed by atoms with Crippen molar-refractivity contribution in [2.24, 2.45) is 0 Å². The molecule has 0 heterocycles. The van der Waals surface area contributed by atoms with E-state index in [1.165, 1.54) is 0 Å². The number of benzene rings is 1. The lowest BCUT2D eigenvalue weighted by Crippen LogP contribution is -2.19. The minimum absolute atomic E-state index is 0.924. The topological polar surface area (TPSA) is 15.3 Å². The molecule has 1 N–H and O–H groups in total. The Morgan fingerprint density at radius 1 is 1.29 bits per heavy atom. The van der Waals surface area contributed by atoms with E-state index in [1.54, 1.807) is 0 Å². The van der Waals surface area contributed by atoms with Crippen molar-refractivity contribution in [1.29, 1.82) is 0 Å². The van der Waals surface area contributed by atoms with Crippen LogP contribution in [0, 0.1) is 0 Å². The molecule has 2 nitrogen and oxygen atoms in total. The summed E-state index contributed by atoms with van der Waals surface area (Å²) in [4.78, 5) is 3.33. The second-order valence-electron chi connectivity index (χ2n) is 4.06. The lowest BCUT2D eigenvalue weighted by atomic mass is 10.2. The van der Waals surface area contributed by atoms with Gasteiger partial charge >= 0.3 is 0 Å². The molecule has 0 radical (unpaired) electrons. The van der Waals surface area contributed by atoms with Crippen LogP contribution in [0.5, 0.6) is 0 Å². The second-order valence-corrected chi connectivity index (χ2v) is 6.71. The fourth-order valence-corrected chi connectivity index (χ4v) is 2.57. The SMILES string of the molecule is C=C(C)N(CC)c1ccc(S(=C)(=C)NC)cc1. The highest BCUT2D eigenvalue weighted by Crippen LogP contribution is 2.29. The van der Waals surface area contributed by atoms with Crippen LogP contribution in [0.2, 0.25) is 0 Å². The minimum atomic E-state index is -1.36. The van der Waals surface area contributed by atoms with E-state index in [9.17, 15) is 0 Å². The molecular weight excluding hydrogens is 228 g/mol. The third kappa shape index (κ3) is 3.14. The highest BCUT2D eigenvalue weighted by atomic mass is 32.2. The van der Waals surface area contributed by atoms with E-state index in [0.29, 0.717) is 0 Å². The van der Waals surface area contributed by atoms with Crippen molar-refractivity contribution in [3.05, 3.63) is 36.5 Å². The number of hydrogen-bond donors (Lipinski definition) is 1. The normalized spacial score (nSPS) is 11.2. The molecule has 0 aliphatic carbocycles. The Hall–Kier alpha value is -1.19. The summed E-state index contributed by atoms with van der Waals surface area (Å²) in [5, 5.41) is 0. The number of nitrogens with zero attached hydrogens (tertiary/aromatic N) is 1. The molecule has 0 saturated heterocycles.